The van der Waals surface area contributed by atoms with Gasteiger partial charge in [-0.1, -0.05) is 51.1 Å². The third-order valence-corrected chi connectivity index (χ3v) is 9.61. The van der Waals surface area contributed by atoms with E-state index >= 15 is 0 Å². The maximum atomic E-state index is 6.31. The van der Waals surface area contributed by atoms with E-state index in [-0.39, 0.29) is 11.1 Å². The van der Waals surface area contributed by atoms with E-state index in [2.05, 4.69) is 33.9 Å². The number of rotatable bonds is 8. The highest BCUT2D eigenvalue weighted by atomic mass is 31.2. The van der Waals surface area contributed by atoms with Crippen LogP contribution in [0.1, 0.15) is 32.4 Å². The molecule has 0 saturated heterocycles. The molecule has 1 aromatic carbocycles. The van der Waals surface area contributed by atoms with Crippen molar-refractivity contribution in [2.45, 2.75) is 45.0 Å². The highest BCUT2D eigenvalue weighted by molar-refractivity contribution is 7.41. The lowest BCUT2D eigenvalue weighted by Gasteiger charge is -2.37. The third kappa shape index (κ3) is 5.73. The number of hydrogen-bond donors (Lipinski definition) is 0. The van der Waals surface area contributed by atoms with Gasteiger partial charge in [0.2, 0.25) is 0 Å². The lowest BCUT2D eigenvalue weighted by molar-refractivity contribution is 0.0934. The van der Waals surface area contributed by atoms with Crippen molar-refractivity contribution in [3.05, 3.63) is 35.9 Å². The van der Waals surface area contributed by atoms with Gasteiger partial charge in [-0.2, -0.15) is 0 Å². The predicted octanol–water partition coefficient (Wildman–Crippen LogP) is 5.29. The van der Waals surface area contributed by atoms with E-state index in [0.717, 1.165) is 5.56 Å². The van der Waals surface area contributed by atoms with Gasteiger partial charge in [-0.15, -0.1) is 0 Å². The van der Waals surface area contributed by atoms with Crippen LogP contribution in [0.25, 0.3) is 0 Å². The molecule has 126 valence electrons. The minimum Gasteiger partial charge on any atom is -0.414 e. The first kappa shape index (κ1) is 19.8. The Hall–Kier alpha value is -0.293. The lowest BCUT2D eigenvalue weighted by Crippen LogP contribution is -2.41. The van der Waals surface area contributed by atoms with Crippen LogP contribution in [-0.2, 0) is 18.0 Å². The molecule has 0 radical (unpaired) electrons. The van der Waals surface area contributed by atoms with Gasteiger partial charge in [0.15, 0.2) is 8.32 Å². The molecule has 22 heavy (non-hydrogen) atoms. The van der Waals surface area contributed by atoms with Crippen molar-refractivity contribution in [3.8, 4) is 0 Å². The molecule has 0 bridgehead atoms. The first-order valence-corrected chi connectivity index (χ1v) is 11.5. The molecular formula is C16H29O4PSi. The summed E-state index contributed by atoms with van der Waals surface area (Å²) in [5.41, 5.74) is 1.07. The normalized spacial score (nSPS) is 14.4. The molecule has 0 heterocycles. The van der Waals surface area contributed by atoms with Gasteiger partial charge in [-0.05, 0) is 23.7 Å². The molecule has 1 aromatic rings. The standard InChI is InChI=1S/C16H29O4PSi/c1-16(2,3)22(6,7)19-13-15(20-21(17-4)18-5)14-11-9-8-10-12-14/h8-12,15H,13H2,1-7H3. The van der Waals surface area contributed by atoms with Gasteiger partial charge in [0.25, 0.3) is 0 Å². The Morgan fingerprint density at radius 3 is 2.05 bits per heavy atom. The van der Waals surface area contributed by atoms with Crippen LogP contribution in [0.15, 0.2) is 30.3 Å². The quantitative estimate of drug-likeness (QED) is 0.474. The summed E-state index contributed by atoms with van der Waals surface area (Å²) in [6.45, 7) is 11.7. The minimum atomic E-state index is -1.83. The van der Waals surface area contributed by atoms with Gasteiger partial charge in [0.1, 0.15) is 6.10 Å². The smallest absolute Gasteiger partial charge is 0.332 e. The SMILES string of the molecule is COP(OC)OC(CO[Si](C)(C)C(C)(C)C)c1ccccc1. The zero-order valence-corrected chi connectivity index (χ0v) is 16.6. The van der Waals surface area contributed by atoms with Crippen LogP contribution in [0.2, 0.25) is 18.1 Å². The van der Waals surface area contributed by atoms with Crippen molar-refractivity contribution in [2.24, 2.45) is 0 Å². The molecule has 0 aliphatic carbocycles. The van der Waals surface area contributed by atoms with E-state index in [9.17, 15) is 0 Å². The van der Waals surface area contributed by atoms with Crippen LogP contribution < -0.4 is 0 Å². The highest BCUT2D eigenvalue weighted by Crippen LogP contribution is 2.44. The molecule has 6 heteroatoms. The highest BCUT2D eigenvalue weighted by Gasteiger charge is 2.38. The van der Waals surface area contributed by atoms with E-state index in [4.69, 9.17) is 18.0 Å². The summed E-state index contributed by atoms with van der Waals surface area (Å²) in [4.78, 5) is 0. The summed E-state index contributed by atoms with van der Waals surface area (Å²) in [5, 5.41) is 0.168. The van der Waals surface area contributed by atoms with E-state index in [1.54, 1.807) is 14.2 Å². The monoisotopic (exact) mass is 344 g/mol. The maximum absolute atomic E-state index is 6.31. The van der Waals surface area contributed by atoms with Gasteiger partial charge in [0, 0.05) is 14.2 Å². The molecule has 0 spiro atoms. The van der Waals surface area contributed by atoms with Crippen LogP contribution in [0.3, 0.4) is 0 Å². The molecular weight excluding hydrogens is 315 g/mol. The second-order valence-electron chi connectivity index (χ2n) is 6.66. The van der Waals surface area contributed by atoms with Crippen molar-refractivity contribution in [2.75, 3.05) is 20.8 Å². The second-order valence-corrected chi connectivity index (χ2v) is 12.9. The van der Waals surface area contributed by atoms with Crippen molar-refractivity contribution in [1.29, 1.82) is 0 Å². The average molecular weight is 344 g/mol. The topological polar surface area (TPSA) is 36.9 Å². The maximum Gasteiger partial charge on any atom is 0.332 e. The number of hydrogen-bond acceptors (Lipinski definition) is 4. The summed E-state index contributed by atoms with van der Waals surface area (Å²) in [5.74, 6) is 0. The summed E-state index contributed by atoms with van der Waals surface area (Å²) < 4.78 is 22.7. The summed E-state index contributed by atoms with van der Waals surface area (Å²) in [7, 11) is -0.00722. The van der Waals surface area contributed by atoms with E-state index in [1.165, 1.54) is 0 Å². The molecule has 0 aliphatic heterocycles. The van der Waals surface area contributed by atoms with Crippen molar-refractivity contribution in [3.63, 3.8) is 0 Å². The largest absolute Gasteiger partial charge is 0.414 e. The van der Waals surface area contributed by atoms with Gasteiger partial charge >= 0.3 is 8.60 Å². The zero-order chi connectivity index (χ0) is 16.8. The van der Waals surface area contributed by atoms with Crippen molar-refractivity contribution >= 4 is 16.9 Å². The molecule has 0 N–H and O–H groups in total. The van der Waals surface area contributed by atoms with Gasteiger partial charge in [-0.25, -0.2) is 0 Å². The Bertz CT molecular complexity index is 430. The fraction of sp³-hybridized carbons (Fsp3) is 0.625. The van der Waals surface area contributed by atoms with Gasteiger partial charge in [0.05, 0.1) is 6.61 Å². The minimum absolute atomic E-state index is 0.168. The Morgan fingerprint density at radius 2 is 1.59 bits per heavy atom. The molecule has 0 aromatic heterocycles. The molecule has 0 aliphatic rings. The van der Waals surface area contributed by atoms with Gasteiger partial charge < -0.3 is 18.0 Å². The second kappa shape index (κ2) is 8.53. The number of benzene rings is 1. The molecule has 0 saturated carbocycles. The van der Waals surface area contributed by atoms with E-state index in [0.29, 0.717) is 6.61 Å². The molecule has 1 rings (SSSR count). The molecule has 1 unspecified atom stereocenters. The van der Waals surface area contributed by atoms with Crippen LogP contribution in [-0.4, -0.2) is 29.1 Å². The fourth-order valence-electron chi connectivity index (χ4n) is 1.62. The van der Waals surface area contributed by atoms with Crippen LogP contribution in [0, 0.1) is 0 Å². The molecule has 1 atom stereocenters. The average Bonchev–Trinajstić information content (AvgIpc) is 2.47. The van der Waals surface area contributed by atoms with Crippen LogP contribution in [0.4, 0.5) is 0 Å². The van der Waals surface area contributed by atoms with Crippen molar-refractivity contribution < 1.29 is 18.0 Å². The van der Waals surface area contributed by atoms with Crippen LogP contribution in [0.5, 0.6) is 0 Å². The van der Waals surface area contributed by atoms with Crippen LogP contribution >= 0.6 is 8.60 Å². The summed E-state index contributed by atoms with van der Waals surface area (Å²) >= 11 is 0. The zero-order valence-electron chi connectivity index (χ0n) is 14.8. The van der Waals surface area contributed by atoms with E-state index < -0.39 is 16.9 Å². The Labute approximate surface area is 137 Å². The van der Waals surface area contributed by atoms with Crippen molar-refractivity contribution in [1.82, 2.24) is 0 Å². The summed E-state index contributed by atoms with van der Waals surface area (Å²) in [6.07, 6.45) is -0.193. The first-order valence-electron chi connectivity index (χ1n) is 7.45. The molecule has 0 amide bonds. The first-order chi connectivity index (χ1) is 10.2. The fourth-order valence-corrected chi connectivity index (χ4v) is 3.33. The predicted molar refractivity (Wildman–Crippen MR) is 94.4 cm³/mol. The Morgan fingerprint density at radius 1 is 1.05 bits per heavy atom. The van der Waals surface area contributed by atoms with E-state index in [1.807, 2.05) is 30.3 Å². The Kier molecular flexibility index (Phi) is 7.66. The molecule has 0 fully saturated rings. The third-order valence-electron chi connectivity index (χ3n) is 4.08. The Balaban J connectivity index is 2.83. The molecule has 4 nitrogen and oxygen atoms in total. The lowest BCUT2D eigenvalue weighted by atomic mass is 10.1. The summed E-state index contributed by atoms with van der Waals surface area (Å²) in [6, 6.07) is 10.1. The van der Waals surface area contributed by atoms with Gasteiger partial charge in [-0.3, -0.25) is 0 Å².